The highest BCUT2D eigenvalue weighted by Crippen LogP contribution is 2.27. The lowest BCUT2D eigenvalue weighted by Gasteiger charge is -2.39. The van der Waals surface area contributed by atoms with E-state index in [0.717, 1.165) is 12.2 Å². The first kappa shape index (κ1) is 15.8. The number of sulfonamides is 1. The van der Waals surface area contributed by atoms with Crippen LogP contribution in [-0.4, -0.2) is 43.8 Å². The number of benzene rings is 1. The average molecular weight is 311 g/mol. The molecule has 0 aliphatic carbocycles. The van der Waals surface area contributed by atoms with Crippen LogP contribution in [0.15, 0.2) is 29.2 Å². The summed E-state index contributed by atoms with van der Waals surface area (Å²) in [6.45, 7) is 6.58. The van der Waals surface area contributed by atoms with E-state index in [4.69, 9.17) is 0 Å². The van der Waals surface area contributed by atoms with Crippen molar-refractivity contribution in [3.63, 3.8) is 0 Å². The molecule has 0 saturated carbocycles. The van der Waals surface area contributed by atoms with Gasteiger partial charge in [-0.3, -0.25) is 4.79 Å². The van der Waals surface area contributed by atoms with E-state index < -0.39 is 15.6 Å². The maximum absolute atomic E-state index is 12.7. The number of nitrogens with zero attached hydrogens (tertiary/aromatic N) is 1. The Hall–Kier alpha value is -1.60. The Balaban J connectivity index is 2.34. The Bertz CT molecular complexity index is 623. The van der Waals surface area contributed by atoms with Crippen molar-refractivity contribution in [3.8, 4) is 0 Å². The van der Waals surface area contributed by atoms with Crippen molar-refractivity contribution in [1.29, 1.82) is 0 Å². The monoisotopic (exact) mass is 311 g/mol. The topological polar surface area (TPSA) is 78.5 Å². The van der Waals surface area contributed by atoms with Gasteiger partial charge in [-0.05, 0) is 45.0 Å². The third-order valence-corrected chi connectivity index (χ3v) is 5.69. The molecule has 0 bridgehead atoms. The first-order valence-electron chi connectivity index (χ1n) is 6.95. The Morgan fingerprint density at radius 2 is 1.90 bits per heavy atom. The van der Waals surface area contributed by atoms with E-state index in [-0.39, 0.29) is 17.3 Å². The van der Waals surface area contributed by atoms with E-state index in [2.05, 4.69) is 10.6 Å². The lowest BCUT2D eigenvalue weighted by atomic mass is 10.0. The van der Waals surface area contributed by atoms with Crippen molar-refractivity contribution in [2.75, 3.05) is 25.0 Å². The number of hydrogen-bond donors (Lipinski definition) is 2. The molecule has 0 spiro atoms. The van der Waals surface area contributed by atoms with E-state index in [0.29, 0.717) is 6.54 Å². The standard InChI is InChI=1S/C14H21N3O3S/c1-4-15-11-5-7-12(8-6-11)21(19,20)17-10-9-16-13(18)14(17,2)3/h5-8,15H,4,9-10H2,1-3H3,(H,16,18). The molecule has 1 aromatic carbocycles. The normalized spacial score (nSPS) is 19.1. The fraction of sp³-hybridized carbons (Fsp3) is 0.500. The third kappa shape index (κ3) is 2.89. The van der Waals surface area contributed by atoms with Crippen LogP contribution in [0.4, 0.5) is 5.69 Å². The zero-order valence-corrected chi connectivity index (χ0v) is 13.3. The summed E-state index contributed by atoms with van der Waals surface area (Å²) >= 11 is 0. The van der Waals surface area contributed by atoms with Gasteiger partial charge in [0, 0.05) is 25.3 Å². The second-order valence-corrected chi connectivity index (χ2v) is 7.31. The van der Waals surface area contributed by atoms with Crippen molar-refractivity contribution in [1.82, 2.24) is 9.62 Å². The van der Waals surface area contributed by atoms with Gasteiger partial charge in [-0.25, -0.2) is 8.42 Å². The number of nitrogens with one attached hydrogen (secondary N) is 2. The lowest BCUT2D eigenvalue weighted by molar-refractivity contribution is -0.131. The molecule has 1 amide bonds. The van der Waals surface area contributed by atoms with Crippen molar-refractivity contribution >= 4 is 21.6 Å². The van der Waals surface area contributed by atoms with E-state index in [1.54, 1.807) is 38.1 Å². The van der Waals surface area contributed by atoms with Gasteiger partial charge < -0.3 is 10.6 Å². The van der Waals surface area contributed by atoms with Gasteiger partial charge in [0.15, 0.2) is 0 Å². The molecule has 7 heteroatoms. The molecule has 2 rings (SSSR count). The summed E-state index contributed by atoms with van der Waals surface area (Å²) in [5.74, 6) is -0.276. The first-order chi connectivity index (χ1) is 9.80. The zero-order chi connectivity index (χ0) is 15.7. The molecule has 1 aromatic rings. The molecule has 0 radical (unpaired) electrons. The van der Waals surface area contributed by atoms with Crippen LogP contribution in [0.1, 0.15) is 20.8 Å². The average Bonchev–Trinajstić information content (AvgIpc) is 2.42. The van der Waals surface area contributed by atoms with Gasteiger partial charge in [0.05, 0.1) is 4.90 Å². The van der Waals surface area contributed by atoms with Gasteiger partial charge in [0.25, 0.3) is 0 Å². The summed E-state index contributed by atoms with van der Waals surface area (Å²) in [6, 6.07) is 6.59. The number of piperazine rings is 1. The smallest absolute Gasteiger partial charge is 0.244 e. The fourth-order valence-corrected chi connectivity index (χ4v) is 4.13. The van der Waals surface area contributed by atoms with Crippen LogP contribution in [0, 0.1) is 0 Å². The summed E-state index contributed by atoms with van der Waals surface area (Å²) in [4.78, 5) is 12.1. The zero-order valence-electron chi connectivity index (χ0n) is 12.5. The van der Waals surface area contributed by atoms with Crippen molar-refractivity contribution in [3.05, 3.63) is 24.3 Å². The minimum Gasteiger partial charge on any atom is -0.385 e. The van der Waals surface area contributed by atoms with E-state index in [1.807, 2.05) is 6.92 Å². The summed E-state index contributed by atoms with van der Waals surface area (Å²) in [7, 11) is -3.69. The maximum atomic E-state index is 12.7. The molecule has 1 saturated heterocycles. The van der Waals surface area contributed by atoms with Crippen LogP contribution in [0.3, 0.4) is 0 Å². The molecule has 0 unspecified atom stereocenters. The summed E-state index contributed by atoms with van der Waals surface area (Å²) in [5.41, 5.74) is -0.218. The Morgan fingerprint density at radius 3 is 2.48 bits per heavy atom. The molecular formula is C14H21N3O3S. The molecule has 21 heavy (non-hydrogen) atoms. The van der Waals surface area contributed by atoms with Crippen LogP contribution in [0.5, 0.6) is 0 Å². The van der Waals surface area contributed by atoms with Gasteiger partial charge in [-0.2, -0.15) is 4.31 Å². The van der Waals surface area contributed by atoms with Crippen LogP contribution < -0.4 is 10.6 Å². The number of hydrogen-bond acceptors (Lipinski definition) is 4. The predicted octanol–water partition coefficient (Wildman–Crippen LogP) is 1.02. The molecule has 1 fully saturated rings. The van der Waals surface area contributed by atoms with Crippen molar-refractivity contribution < 1.29 is 13.2 Å². The third-order valence-electron chi connectivity index (χ3n) is 3.60. The number of carbonyl (C=O) groups excluding carboxylic acids is 1. The molecule has 2 N–H and O–H groups in total. The number of rotatable bonds is 4. The minimum atomic E-state index is -3.69. The lowest BCUT2D eigenvalue weighted by Crippen LogP contribution is -2.63. The fourth-order valence-electron chi connectivity index (χ4n) is 2.38. The largest absolute Gasteiger partial charge is 0.385 e. The SMILES string of the molecule is CCNc1ccc(S(=O)(=O)N2CCNC(=O)C2(C)C)cc1. The molecular weight excluding hydrogens is 290 g/mol. The quantitative estimate of drug-likeness (QED) is 0.870. The minimum absolute atomic E-state index is 0.201. The molecule has 116 valence electrons. The molecule has 0 aromatic heterocycles. The highest BCUT2D eigenvalue weighted by atomic mass is 32.2. The van der Waals surface area contributed by atoms with Gasteiger partial charge in [-0.1, -0.05) is 0 Å². The van der Waals surface area contributed by atoms with Crippen LogP contribution >= 0.6 is 0 Å². The molecule has 1 aliphatic heterocycles. The number of carbonyl (C=O) groups is 1. The van der Waals surface area contributed by atoms with Gasteiger partial charge >= 0.3 is 0 Å². The number of amides is 1. The summed E-state index contributed by atoms with van der Waals surface area (Å²) < 4.78 is 26.8. The Kier molecular flexibility index (Phi) is 4.25. The van der Waals surface area contributed by atoms with E-state index in [1.165, 1.54) is 4.31 Å². The maximum Gasteiger partial charge on any atom is 0.244 e. The summed E-state index contributed by atoms with van der Waals surface area (Å²) in [6.07, 6.45) is 0. The molecule has 0 atom stereocenters. The highest BCUT2D eigenvalue weighted by Gasteiger charge is 2.44. The molecule has 6 nitrogen and oxygen atoms in total. The predicted molar refractivity (Wildman–Crippen MR) is 81.6 cm³/mol. The molecule has 1 aliphatic rings. The van der Waals surface area contributed by atoms with Crippen molar-refractivity contribution in [2.45, 2.75) is 31.2 Å². The first-order valence-corrected chi connectivity index (χ1v) is 8.39. The van der Waals surface area contributed by atoms with Crippen molar-refractivity contribution in [2.24, 2.45) is 0 Å². The molecule has 1 heterocycles. The van der Waals surface area contributed by atoms with Gasteiger partial charge in [0.1, 0.15) is 5.54 Å². The highest BCUT2D eigenvalue weighted by molar-refractivity contribution is 7.89. The Morgan fingerprint density at radius 1 is 1.29 bits per heavy atom. The Labute approximate surface area is 125 Å². The van der Waals surface area contributed by atoms with Crippen LogP contribution in [-0.2, 0) is 14.8 Å². The van der Waals surface area contributed by atoms with E-state index in [9.17, 15) is 13.2 Å². The second-order valence-electron chi connectivity index (χ2n) is 5.45. The number of anilines is 1. The van der Waals surface area contributed by atoms with Gasteiger partial charge in [0.2, 0.25) is 15.9 Å². The van der Waals surface area contributed by atoms with E-state index >= 15 is 0 Å². The van der Waals surface area contributed by atoms with Gasteiger partial charge in [-0.15, -0.1) is 0 Å². The van der Waals surface area contributed by atoms with Crippen LogP contribution in [0.2, 0.25) is 0 Å². The second kappa shape index (κ2) is 5.65. The summed E-state index contributed by atoms with van der Waals surface area (Å²) in [5, 5.41) is 5.81. The van der Waals surface area contributed by atoms with Crippen LogP contribution in [0.25, 0.3) is 0 Å².